The lowest BCUT2D eigenvalue weighted by molar-refractivity contribution is 0.195. The Morgan fingerprint density at radius 3 is 2.47 bits per heavy atom. The molecule has 1 aliphatic carbocycles. The highest BCUT2D eigenvalue weighted by molar-refractivity contribution is 4.90. The van der Waals surface area contributed by atoms with Gasteiger partial charge in [-0.05, 0) is 57.0 Å². The first kappa shape index (κ1) is 15.3. The summed E-state index contributed by atoms with van der Waals surface area (Å²) in [6.45, 7) is 8.80. The quantitative estimate of drug-likeness (QED) is 0.764. The van der Waals surface area contributed by atoms with Gasteiger partial charge in [-0.2, -0.15) is 0 Å². The standard InChI is InChI=1S/C17H34N2/c1-4-17(5-2)11-12-19(14-17)13-15-9-7-6-8-10-16(15)18-3/h15-16,18H,4-14H2,1-3H3. The van der Waals surface area contributed by atoms with Crippen LogP contribution in [0.1, 0.15) is 65.2 Å². The molecule has 1 saturated heterocycles. The molecule has 0 aromatic heterocycles. The number of nitrogens with zero attached hydrogens (tertiary/aromatic N) is 1. The van der Waals surface area contributed by atoms with E-state index in [4.69, 9.17) is 0 Å². The summed E-state index contributed by atoms with van der Waals surface area (Å²) in [6, 6.07) is 0.765. The molecule has 2 rings (SSSR count). The first-order valence-electron chi connectivity index (χ1n) is 8.62. The maximum Gasteiger partial charge on any atom is 0.0104 e. The summed E-state index contributed by atoms with van der Waals surface area (Å²) in [5, 5.41) is 3.59. The SMILES string of the molecule is CCC1(CC)CCN(CC2CCCCCC2NC)C1. The summed E-state index contributed by atoms with van der Waals surface area (Å²) in [5.74, 6) is 0.886. The molecule has 2 nitrogen and oxygen atoms in total. The number of likely N-dealkylation sites (tertiary alicyclic amines) is 1. The lowest BCUT2D eigenvalue weighted by Gasteiger charge is -2.31. The van der Waals surface area contributed by atoms with Gasteiger partial charge in [0.15, 0.2) is 0 Å². The third-order valence-corrected chi connectivity index (χ3v) is 6.04. The Morgan fingerprint density at radius 1 is 1.11 bits per heavy atom. The molecule has 2 unspecified atom stereocenters. The van der Waals surface area contributed by atoms with Crippen molar-refractivity contribution in [2.75, 3.05) is 26.7 Å². The maximum atomic E-state index is 3.59. The molecule has 1 saturated carbocycles. The predicted octanol–water partition coefficient (Wildman–Crippen LogP) is 3.67. The lowest BCUT2D eigenvalue weighted by atomic mass is 9.82. The molecule has 112 valence electrons. The summed E-state index contributed by atoms with van der Waals surface area (Å²) >= 11 is 0. The molecule has 0 aromatic carbocycles. The molecule has 19 heavy (non-hydrogen) atoms. The highest BCUT2D eigenvalue weighted by Crippen LogP contribution is 2.38. The molecule has 2 fully saturated rings. The summed E-state index contributed by atoms with van der Waals surface area (Å²) in [4.78, 5) is 2.77. The summed E-state index contributed by atoms with van der Waals surface area (Å²) in [6.07, 6.45) is 11.3. The number of rotatable bonds is 5. The van der Waals surface area contributed by atoms with Gasteiger partial charge in [-0.3, -0.25) is 0 Å². The Hall–Kier alpha value is -0.0800. The molecule has 2 atom stereocenters. The third kappa shape index (κ3) is 3.72. The van der Waals surface area contributed by atoms with Crippen LogP contribution in [0.5, 0.6) is 0 Å². The molecule has 0 aromatic rings. The zero-order valence-corrected chi connectivity index (χ0v) is 13.4. The van der Waals surface area contributed by atoms with Crippen molar-refractivity contribution < 1.29 is 0 Å². The van der Waals surface area contributed by atoms with Crippen molar-refractivity contribution in [3.05, 3.63) is 0 Å². The second-order valence-electron chi connectivity index (χ2n) is 6.99. The van der Waals surface area contributed by atoms with E-state index in [2.05, 4.69) is 31.1 Å². The van der Waals surface area contributed by atoms with E-state index in [0.717, 1.165) is 12.0 Å². The van der Waals surface area contributed by atoms with Crippen LogP contribution < -0.4 is 5.32 Å². The molecule has 0 spiro atoms. The molecule has 0 radical (unpaired) electrons. The van der Waals surface area contributed by atoms with E-state index in [0.29, 0.717) is 5.41 Å². The van der Waals surface area contributed by atoms with Crippen LogP contribution in [0.4, 0.5) is 0 Å². The fourth-order valence-electron chi connectivity index (χ4n) is 4.33. The van der Waals surface area contributed by atoms with Crippen LogP contribution in [0.3, 0.4) is 0 Å². The highest BCUT2D eigenvalue weighted by atomic mass is 15.2. The Balaban J connectivity index is 1.89. The summed E-state index contributed by atoms with van der Waals surface area (Å²) in [5.41, 5.74) is 0.639. The molecule has 0 amide bonds. The normalized spacial score (nSPS) is 32.4. The van der Waals surface area contributed by atoms with Gasteiger partial charge in [-0.1, -0.05) is 33.1 Å². The van der Waals surface area contributed by atoms with E-state index in [1.807, 2.05) is 0 Å². The summed E-state index contributed by atoms with van der Waals surface area (Å²) in [7, 11) is 2.16. The highest BCUT2D eigenvalue weighted by Gasteiger charge is 2.36. The van der Waals surface area contributed by atoms with Crippen LogP contribution in [-0.2, 0) is 0 Å². The van der Waals surface area contributed by atoms with E-state index in [9.17, 15) is 0 Å². The number of hydrogen-bond donors (Lipinski definition) is 1. The molecule has 1 aliphatic heterocycles. The molecule has 2 heteroatoms. The van der Waals surface area contributed by atoms with Crippen molar-refractivity contribution in [3.63, 3.8) is 0 Å². The minimum Gasteiger partial charge on any atom is -0.317 e. The van der Waals surface area contributed by atoms with Gasteiger partial charge in [0.2, 0.25) is 0 Å². The van der Waals surface area contributed by atoms with E-state index in [-0.39, 0.29) is 0 Å². The van der Waals surface area contributed by atoms with Crippen molar-refractivity contribution in [2.45, 2.75) is 71.3 Å². The third-order valence-electron chi connectivity index (χ3n) is 6.04. The maximum absolute atomic E-state index is 3.59. The van der Waals surface area contributed by atoms with Crippen LogP contribution in [0.2, 0.25) is 0 Å². The van der Waals surface area contributed by atoms with Crippen LogP contribution >= 0.6 is 0 Å². The minimum atomic E-state index is 0.639. The molecule has 2 aliphatic rings. The van der Waals surface area contributed by atoms with Gasteiger partial charge >= 0.3 is 0 Å². The molecule has 1 heterocycles. The zero-order chi connectivity index (χ0) is 13.7. The second-order valence-corrected chi connectivity index (χ2v) is 6.99. The van der Waals surface area contributed by atoms with Gasteiger partial charge in [-0.15, -0.1) is 0 Å². The first-order valence-corrected chi connectivity index (χ1v) is 8.62. The molecular weight excluding hydrogens is 232 g/mol. The largest absolute Gasteiger partial charge is 0.317 e. The number of hydrogen-bond acceptors (Lipinski definition) is 2. The van der Waals surface area contributed by atoms with Gasteiger partial charge in [0.25, 0.3) is 0 Å². The van der Waals surface area contributed by atoms with E-state index in [1.165, 1.54) is 71.0 Å². The van der Waals surface area contributed by atoms with Crippen molar-refractivity contribution in [3.8, 4) is 0 Å². The fourth-order valence-corrected chi connectivity index (χ4v) is 4.33. The fraction of sp³-hybridized carbons (Fsp3) is 1.00. The molecular formula is C17H34N2. The smallest absolute Gasteiger partial charge is 0.0104 e. The monoisotopic (exact) mass is 266 g/mol. The molecule has 1 N–H and O–H groups in total. The van der Waals surface area contributed by atoms with Crippen LogP contribution in [0.15, 0.2) is 0 Å². The zero-order valence-electron chi connectivity index (χ0n) is 13.4. The van der Waals surface area contributed by atoms with E-state index in [1.54, 1.807) is 0 Å². The Morgan fingerprint density at radius 2 is 1.84 bits per heavy atom. The van der Waals surface area contributed by atoms with Crippen LogP contribution in [0, 0.1) is 11.3 Å². The predicted molar refractivity (Wildman–Crippen MR) is 83.5 cm³/mol. The average Bonchev–Trinajstić information content (AvgIpc) is 2.72. The topological polar surface area (TPSA) is 15.3 Å². The number of nitrogens with one attached hydrogen (secondary N) is 1. The van der Waals surface area contributed by atoms with Gasteiger partial charge in [-0.25, -0.2) is 0 Å². The van der Waals surface area contributed by atoms with Crippen molar-refractivity contribution >= 4 is 0 Å². The van der Waals surface area contributed by atoms with Gasteiger partial charge in [0, 0.05) is 19.1 Å². The van der Waals surface area contributed by atoms with Crippen molar-refractivity contribution in [2.24, 2.45) is 11.3 Å². The van der Waals surface area contributed by atoms with Gasteiger partial charge in [0.1, 0.15) is 0 Å². The van der Waals surface area contributed by atoms with Gasteiger partial charge in [0.05, 0.1) is 0 Å². The lowest BCUT2D eigenvalue weighted by Crippen LogP contribution is -2.40. The van der Waals surface area contributed by atoms with Crippen molar-refractivity contribution in [1.29, 1.82) is 0 Å². The average molecular weight is 266 g/mol. The van der Waals surface area contributed by atoms with Crippen molar-refractivity contribution in [1.82, 2.24) is 10.2 Å². The van der Waals surface area contributed by atoms with E-state index < -0.39 is 0 Å². The Bertz CT molecular complexity index is 260. The second kappa shape index (κ2) is 7.08. The first-order chi connectivity index (χ1) is 9.23. The molecule has 0 bridgehead atoms. The van der Waals surface area contributed by atoms with E-state index >= 15 is 0 Å². The Labute approximate surface area is 120 Å². The van der Waals surface area contributed by atoms with Gasteiger partial charge < -0.3 is 10.2 Å². The van der Waals surface area contributed by atoms with Crippen LogP contribution in [0.25, 0.3) is 0 Å². The minimum absolute atomic E-state index is 0.639. The summed E-state index contributed by atoms with van der Waals surface area (Å²) < 4.78 is 0. The van der Waals surface area contributed by atoms with Crippen LogP contribution in [-0.4, -0.2) is 37.6 Å². The Kier molecular flexibility index (Phi) is 5.70.